The summed E-state index contributed by atoms with van der Waals surface area (Å²) < 4.78 is 1.22. The molecule has 2 fully saturated rings. The predicted molar refractivity (Wildman–Crippen MR) is 94.4 cm³/mol. The number of piperidine rings is 1. The molecule has 2 aliphatic heterocycles. The highest BCUT2D eigenvalue weighted by Gasteiger charge is 2.35. The molecule has 3 heterocycles. The number of aliphatic hydroxyl groups is 3. The van der Waals surface area contributed by atoms with E-state index >= 15 is 0 Å². The van der Waals surface area contributed by atoms with Crippen molar-refractivity contribution in [2.75, 3.05) is 37.6 Å². The third kappa shape index (κ3) is 3.14. The fourth-order valence-corrected chi connectivity index (χ4v) is 4.74. The van der Waals surface area contributed by atoms with Crippen molar-refractivity contribution in [2.24, 2.45) is 5.92 Å². The minimum atomic E-state index is -1.02. The number of hydrogen-bond acceptors (Lipinski definition) is 7. The molecule has 0 radical (unpaired) electrons. The first-order valence-corrected chi connectivity index (χ1v) is 9.29. The van der Waals surface area contributed by atoms with Crippen LogP contribution >= 0.6 is 11.3 Å². The average molecular weight is 349 g/mol. The fourth-order valence-electron chi connectivity index (χ4n) is 3.74. The molecule has 130 valence electrons. The Morgan fingerprint density at radius 3 is 2.58 bits per heavy atom. The summed E-state index contributed by atoms with van der Waals surface area (Å²) in [6, 6.07) is 8.20. The quantitative estimate of drug-likeness (QED) is 0.750. The number of para-hydroxylation sites is 1. The molecule has 6 nitrogen and oxygen atoms in total. The molecule has 0 bridgehead atoms. The van der Waals surface area contributed by atoms with E-state index in [1.807, 2.05) is 18.2 Å². The highest BCUT2D eigenvalue weighted by atomic mass is 32.1. The second kappa shape index (κ2) is 6.57. The number of aromatic nitrogens is 1. The zero-order valence-corrected chi connectivity index (χ0v) is 14.3. The van der Waals surface area contributed by atoms with Gasteiger partial charge in [-0.2, -0.15) is 0 Å². The van der Waals surface area contributed by atoms with Gasteiger partial charge < -0.3 is 20.2 Å². The van der Waals surface area contributed by atoms with Crippen LogP contribution in [-0.2, 0) is 0 Å². The van der Waals surface area contributed by atoms with Gasteiger partial charge in [-0.05, 0) is 24.5 Å². The molecule has 1 aromatic heterocycles. The SMILES string of the molecule is OC1CN(C[C@H]2CCN(c3nc4ccccc4s3)C2)CC(O)C1O. The van der Waals surface area contributed by atoms with E-state index in [9.17, 15) is 15.3 Å². The fraction of sp³-hybridized carbons (Fsp3) is 0.588. The number of aliphatic hydroxyl groups excluding tert-OH is 3. The highest BCUT2D eigenvalue weighted by Crippen LogP contribution is 2.32. The molecule has 0 saturated carbocycles. The Hall–Kier alpha value is -1.25. The maximum absolute atomic E-state index is 9.83. The molecule has 7 heteroatoms. The van der Waals surface area contributed by atoms with E-state index < -0.39 is 18.3 Å². The van der Waals surface area contributed by atoms with Crippen molar-refractivity contribution in [1.29, 1.82) is 0 Å². The molecule has 1 aromatic carbocycles. The lowest BCUT2D eigenvalue weighted by molar-refractivity contribution is -0.111. The molecule has 4 rings (SSSR count). The second-order valence-corrected chi connectivity index (χ2v) is 7.92. The largest absolute Gasteiger partial charge is 0.389 e. The summed E-state index contributed by atoms with van der Waals surface area (Å²) in [5.74, 6) is 0.492. The van der Waals surface area contributed by atoms with Crippen LogP contribution in [0, 0.1) is 5.92 Å². The summed E-state index contributed by atoms with van der Waals surface area (Å²) in [5, 5.41) is 30.4. The highest BCUT2D eigenvalue weighted by molar-refractivity contribution is 7.22. The smallest absolute Gasteiger partial charge is 0.186 e. The third-order valence-electron chi connectivity index (χ3n) is 5.03. The van der Waals surface area contributed by atoms with Gasteiger partial charge in [-0.15, -0.1) is 0 Å². The van der Waals surface area contributed by atoms with Crippen molar-refractivity contribution < 1.29 is 15.3 Å². The number of hydrogen-bond donors (Lipinski definition) is 3. The Morgan fingerprint density at radius 1 is 1.08 bits per heavy atom. The summed E-state index contributed by atoms with van der Waals surface area (Å²) in [7, 11) is 0. The lowest BCUT2D eigenvalue weighted by Gasteiger charge is -2.37. The van der Waals surface area contributed by atoms with E-state index in [4.69, 9.17) is 4.98 Å². The Labute approximate surface area is 145 Å². The molecule has 0 amide bonds. The van der Waals surface area contributed by atoms with Crippen molar-refractivity contribution in [3.63, 3.8) is 0 Å². The van der Waals surface area contributed by atoms with Crippen LogP contribution in [0.5, 0.6) is 0 Å². The van der Waals surface area contributed by atoms with Gasteiger partial charge in [0.2, 0.25) is 0 Å². The van der Waals surface area contributed by atoms with Crippen molar-refractivity contribution in [1.82, 2.24) is 9.88 Å². The van der Waals surface area contributed by atoms with Gasteiger partial charge in [-0.3, -0.25) is 4.90 Å². The molecule has 2 saturated heterocycles. The van der Waals surface area contributed by atoms with Crippen molar-refractivity contribution >= 4 is 26.7 Å². The monoisotopic (exact) mass is 349 g/mol. The normalized spacial score (nSPS) is 31.9. The molecule has 24 heavy (non-hydrogen) atoms. The van der Waals surface area contributed by atoms with E-state index in [-0.39, 0.29) is 0 Å². The summed E-state index contributed by atoms with van der Waals surface area (Å²) in [4.78, 5) is 9.13. The molecule has 3 atom stereocenters. The van der Waals surface area contributed by atoms with Crippen LogP contribution in [0.3, 0.4) is 0 Å². The number of β-amino-alcohol motifs (C(OH)–C–C–N with tert-alkyl or cyclic N) is 2. The third-order valence-corrected chi connectivity index (χ3v) is 6.13. The van der Waals surface area contributed by atoms with Crippen LogP contribution in [0.2, 0.25) is 0 Å². The standard InChI is InChI=1S/C17H23N3O3S/c21-13-9-19(10-14(22)16(13)23)7-11-5-6-20(8-11)17-18-12-3-1-2-4-15(12)24-17/h1-4,11,13-14,16,21-23H,5-10H2/t11-,13?,14?,16?/m1/s1. The first-order valence-electron chi connectivity index (χ1n) is 8.47. The summed E-state index contributed by atoms with van der Waals surface area (Å²) in [6.07, 6.45) is -1.67. The Bertz CT molecular complexity index is 664. The molecular weight excluding hydrogens is 326 g/mol. The van der Waals surface area contributed by atoms with Gasteiger partial charge in [0.25, 0.3) is 0 Å². The van der Waals surface area contributed by atoms with Gasteiger partial charge in [0.1, 0.15) is 6.10 Å². The first kappa shape index (κ1) is 16.2. The van der Waals surface area contributed by atoms with Gasteiger partial charge in [-0.25, -0.2) is 4.98 Å². The molecule has 2 unspecified atom stereocenters. The number of anilines is 1. The summed E-state index contributed by atoms with van der Waals surface area (Å²) in [5.41, 5.74) is 1.05. The number of benzene rings is 1. The molecular formula is C17H23N3O3S. The van der Waals surface area contributed by atoms with Crippen LogP contribution in [0.1, 0.15) is 6.42 Å². The number of rotatable bonds is 3. The summed E-state index contributed by atoms with van der Waals surface area (Å²) >= 11 is 1.73. The van der Waals surface area contributed by atoms with Crippen LogP contribution in [0.4, 0.5) is 5.13 Å². The predicted octanol–water partition coefficient (Wildman–Crippen LogP) is 0.521. The minimum Gasteiger partial charge on any atom is -0.389 e. The topological polar surface area (TPSA) is 80.1 Å². The first-order chi connectivity index (χ1) is 11.6. The van der Waals surface area contributed by atoms with E-state index in [1.165, 1.54) is 4.70 Å². The number of thiazole rings is 1. The van der Waals surface area contributed by atoms with Crippen LogP contribution < -0.4 is 4.90 Å². The number of fused-ring (bicyclic) bond motifs is 1. The lowest BCUT2D eigenvalue weighted by Crippen LogP contribution is -2.56. The molecule has 2 aliphatic rings. The van der Waals surface area contributed by atoms with Gasteiger partial charge in [0, 0.05) is 32.7 Å². The Balaban J connectivity index is 1.38. The van der Waals surface area contributed by atoms with Gasteiger partial charge in [0.15, 0.2) is 5.13 Å². The molecule has 0 aliphatic carbocycles. The average Bonchev–Trinajstić information content (AvgIpc) is 3.18. The van der Waals surface area contributed by atoms with Gasteiger partial charge >= 0.3 is 0 Å². The van der Waals surface area contributed by atoms with E-state index in [0.29, 0.717) is 19.0 Å². The zero-order chi connectivity index (χ0) is 16.7. The Morgan fingerprint density at radius 2 is 1.83 bits per heavy atom. The van der Waals surface area contributed by atoms with Crippen LogP contribution in [0.15, 0.2) is 24.3 Å². The van der Waals surface area contributed by atoms with Crippen LogP contribution in [-0.4, -0.2) is 76.2 Å². The van der Waals surface area contributed by atoms with Crippen molar-refractivity contribution in [3.8, 4) is 0 Å². The second-order valence-electron chi connectivity index (χ2n) is 6.91. The molecule has 0 spiro atoms. The molecule has 2 aromatic rings. The van der Waals surface area contributed by atoms with Gasteiger partial charge in [0.05, 0.1) is 22.4 Å². The van der Waals surface area contributed by atoms with Crippen LogP contribution in [0.25, 0.3) is 10.2 Å². The maximum Gasteiger partial charge on any atom is 0.186 e. The molecule has 3 N–H and O–H groups in total. The summed E-state index contributed by atoms with van der Waals surface area (Å²) in [6.45, 7) is 3.63. The van der Waals surface area contributed by atoms with Gasteiger partial charge in [-0.1, -0.05) is 23.5 Å². The Kier molecular flexibility index (Phi) is 4.44. The van der Waals surface area contributed by atoms with E-state index in [0.717, 1.165) is 36.7 Å². The minimum absolute atomic E-state index is 0.426. The zero-order valence-electron chi connectivity index (χ0n) is 13.5. The lowest BCUT2D eigenvalue weighted by atomic mass is 10.00. The van der Waals surface area contributed by atoms with E-state index in [1.54, 1.807) is 11.3 Å². The number of nitrogens with zero attached hydrogens (tertiary/aromatic N) is 3. The van der Waals surface area contributed by atoms with E-state index in [2.05, 4.69) is 15.9 Å². The van der Waals surface area contributed by atoms with Crippen molar-refractivity contribution in [3.05, 3.63) is 24.3 Å². The maximum atomic E-state index is 9.83. The number of likely N-dealkylation sites (tertiary alicyclic amines) is 1. The van der Waals surface area contributed by atoms with Crippen molar-refractivity contribution in [2.45, 2.75) is 24.7 Å².